The van der Waals surface area contributed by atoms with Crippen LogP contribution in [0.5, 0.6) is 0 Å². The van der Waals surface area contributed by atoms with Crippen molar-refractivity contribution >= 4 is 40.8 Å². The van der Waals surface area contributed by atoms with Crippen molar-refractivity contribution in [2.75, 3.05) is 6.61 Å². The van der Waals surface area contributed by atoms with E-state index in [1.54, 1.807) is 6.92 Å². The molecule has 0 aliphatic carbocycles. The van der Waals surface area contributed by atoms with Crippen LogP contribution in [0, 0.1) is 0 Å². The highest BCUT2D eigenvalue weighted by Gasteiger charge is 2.25. The zero-order chi connectivity index (χ0) is 10.8. The van der Waals surface area contributed by atoms with Crippen LogP contribution in [-0.2, 0) is 8.65 Å². The second-order valence-corrected chi connectivity index (χ2v) is 4.42. The Morgan fingerprint density at radius 2 is 2.29 bits per heavy atom. The van der Waals surface area contributed by atoms with Crippen molar-refractivity contribution < 1.29 is 9.53 Å². The Kier molecular flexibility index (Phi) is 3.58. The molecule has 1 heterocycles. The third-order valence-electron chi connectivity index (χ3n) is 1.21. The van der Waals surface area contributed by atoms with Gasteiger partial charge < -0.3 is 4.74 Å². The molecule has 1 rings (SSSR count). The number of rotatable bonds is 2. The Labute approximate surface area is 94.9 Å². The van der Waals surface area contributed by atoms with Crippen molar-refractivity contribution in [3.05, 3.63) is 12.2 Å². The minimum atomic E-state index is -1.75. The Bertz CT molecular complexity index is 333. The molecule has 1 aromatic heterocycles. The summed E-state index contributed by atoms with van der Waals surface area (Å²) in [5.41, 5.74) is 0. The van der Waals surface area contributed by atoms with Gasteiger partial charge in [0.1, 0.15) is 6.33 Å². The number of carbonyl (C=O) groups is 1. The number of carbonyl (C=O) groups excluding carboxylic acids is 1. The SMILES string of the molecule is CCOC(=O)c1ncn(C(Cl)(Cl)Cl)n1. The molecule has 0 atom stereocenters. The van der Waals surface area contributed by atoms with E-state index in [9.17, 15) is 4.79 Å². The van der Waals surface area contributed by atoms with E-state index in [-0.39, 0.29) is 12.4 Å². The van der Waals surface area contributed by atoms with Gasteiger partial charge in [-0.1, -0.05) is 34.8 Å². The third-order valence-corrected chi connectivity index (χ3v) is 1.73. The summed E-state index contributed by atoms with van der Waals surface area (Å²) in [5.74, 6) is -0.793. The Balaban J connectivity index is 2.83. The van der Waals surface area contributed by atoms with E-state index in [0.717, 1.165) is 11.0 Å². The second kappa shape index (κ2) is 4.33. The van der Waals surface area contributed by atoms with Gasteiger partial charge in [0.05, 0.1) is 6.61 Å². The van der Waals surface area contributed by atoms with Crippen molar-refractivity contribution in [3.63, 3.8) is 0 Å². The fourth-order valence-electron chi connectivity index (χ4n) is 0.674. The number of nitrogens with zero attached hydrogens (tertiary/aromatic N) is 3. The maximum atomic E-state index is 11.1. The summed E-state index contributed by atoms with van der Waals surface area (Å²) in [4.78, 5) is 14.7. The number of hydrogen-bond acceptors (Lipinski definition) is 4. The molecule has 0 aliphatic rings. The number of ether oxygens (including phenoxy) is 1. The monoisotopic (exact) mass is 257 g/mol. The normalized spacial score (nSPS) is 11.4. The molecule has 0 saturated carbocycles. The van der Waals surface area contributed by atoms with E-state index in [2.05, 4.69) is 14.8 Å². The molecule has 0 amide bonds. The van der Waals surface area contributed by atoms with Crippen LogP contribution in [0.3, 0.4) is 0 Å². The Morgan fingerprint density at radius 3 is 2.71 bits per heavy atom. The number of halogens is 3. The molecule has 0 fully saturated rings. The van der Waals surface area contributed by atoms with Gasteiger partial charge in [-0.05, 0) is 6.92 Å². The van der Waals surface area contributed by atoms with Crippen LogP contribution in [0.1, 0.15) is 17.5 Å². The molecule has 0 unspecified atom stereocenters. The van der Waals surface area contributed by atoms with Crippen LogP contribution in [0.25, 0.3) is 0 Å². The van der Waals surface area contributed by atoms with Crippen LogP contribution in [-0.4, -0.2) is 27.3 Å². The Hall–Kier alpha value is -0.520. The van der Waals surface area contributed by atoms with Gasteiger partial charge in [0.2, 0.25) is 0 Å². The first-order valence-electron chi connectivity index (χ1n) is 3.61. The largest absolute Gasteiger partial charge is 0.460 e. The van der Waals surface area contributed by atoms with Gasteiger partial charge in [0.25, 0.3) is 9.74 Å². The highest BCUT2D eigenvalue weighted by molar-refractivity contribution is 6.64. The fourth-order valence-corrected chi connectivity index (χ4v) is 0.919. The number of hydrogen-bond donors (Lipinski definition) is 0. The van der Waals surface area contributed by atoms with Crippen LogP contribution >= 0.6 is 34.8 Å². The molecule has 8 heteroatoms. The third kappa shape index (κ3) is 2.73. The summed E-state index contributed by atoms with van der Waals surface area (Å²) >= 11 is 16.5. The molecule has 0 radical (unpaired) electrons. The van der Waals surface area contributed by atoms with E-state index >= 15 is 0 Å². The first-order valence-corrected chi connectivity index (χ1v) is 4.74. The fraction of sp³-hybridized carbons (Fsp3) is 0.500. The summed E-state index contributed by atoms with van der Waals surface area (Å²) in [7, 11) is 0. The van der Waals surface area contributed by atoms with E-state index in [1.165, 1.54) is 0 Å². The molecule has 78 valence electrons. The van der Waals surface area contributed by atoms with Crippen molar-refractivity contribution in [2.24, 2.45) is 0 Å². The predicted molar refractivity (Wildman–Crippen MR) is 51.5 cm³/mol. The molecule has 0 N–H and O–H groups in total. The highest BCUT2D eigenvalue weighted by Crippen LogP contribution is 2.30. The van der Waals surface area contributed by atoms with Crippen molar-refractivity contribution in [3.8, 4) is 0 Å². The van der Waals surface area contributed by atoms with Gasteiger partial charge in [-0.3, -0.25) is 0 Å². The minimum Gasteiger partial charge on any atom is -0.460 e. The number of esters is 1. The average molecular weight is 258 g/mol. The lowest BCUT2D eigenvalue weighted by Gasteiger charge is -2.08. The lowest BCUT2D eigenvalue weighted by atomic mass is 10.6. The molecule has 0 spiro atoms. The highest BCUT2D eigenvalue weighted by atomic mass is 35.6. The molecule has 1 aromatic rings. The molecule has 0 saturated heterocycles. The minimum absolute atomic E-state index is 0.141. The first-order chi connectivity index (χ1) is 6.45. The van der Waals surface area contributed by atoms with E-state index < -0.39 is 9.89 Å². The summed E-state index contributed by atoms with van der Waals surface area (Å²) in [5, 5.41) is 3.64. The summed E-state index contributed by atoms with van der Waals surface area (Å²) in [6.45, 7) is 1.91. The van der Waals surface area contributed by atoms with Gasteiger partial charge in [0.15, 0.2) is 0 Å². The standard InChI is InChI=1S/C6H6Cl3N3O2/c1-2-14-5(13)4-10-3-12(11-4)6(7,8)9/h3H,2H2,1H3. The van der Waals surface area contributed by atoms with E-state index in [1.807, 2.05) is 0 Å². The lowest BCUT2D eigenvalue weighted by Crippen LogP contribution is -2.15. The van der Waals surface area contributed by atoms with Gasteiger partial charge in [0, 0.05) is 0 Å². The van der Waals surface area contributed by atoms with Gasteiger partial charge in [-0.25, -0.2) is 14.5 Å². The van der Waals surface area contributed by atoms with Crippen LogP contribution < -0.4 is 0 Å². The average Bonchev–Trinajstić information content (AvgIpc) is 2.51. The van der Waals surface area contributed by atoms with Gasteiger partial charge in [-0.2, -0.15) is 0 Å². The molecule has 0 aliphatic heterocycles. The zero-order valence-corrected chi connectivity index (χ0v) is 9.34. The smallest absolute Gasteiger partial charge is 0.378 e. The quantitative estimate of drug-likeness (QED) is 0.599. The number of aromatic nitrogens is 3. The summed E-state index contributed by atoms with van der Waals surface area (Å²) in [6.07, 6.45) is 1.14. The van der Waals surface area contributed by atoms with Crippen molar-refractivity contribution in [1.29, 1.82) is 0 Å². The van der Waals surface area contributed by atoms with Crippen LogP contribution in [0.15, 0.2) is 6.33 Å². The van der Waals surface area contributed by atoms with Gasteiger partial charge in [-0.15, -0.1) is 5.10 Å². The first kappa shape index (κ1) is 11.6. The summed E-state index contributed by atoms with van der Waals surface area (Å²) in [6, 6.07) is 0. The number of alkyl halides is 3. The molecule has 0 bridgehead atoms. The summed E-state index contributed by atoms with van der Waals surface area (Å²) < 4.78 is 3.83. The lowest BCUT2D eigenvalue weighted by molar-refractivity contribution is 0.0512. The topological polar surface area (TPSA) is 57.0 Å². The molecule has 14 heavy (non-hydrogen) atoms. The van der Waals surface area contributed by atoms with Gasteiger partial charge >= 0.3 is 5.97 Å². The van der Waals surface area contributed by atoms with Crippen LogP contribution in [0.2, 0.25) is 0 Å². The molecular weight excluding hydrogens is 252 g/mol. The Morgan fingerprint density at radius 1 is 1.64 bits per heavy atom. The maximum absolute atomic E-state index is 11.1. The van der Waals surface area contributed by atoms with E-state index in [4.69, 9.17) is 34.8 Å². The van der Waals surface area contributed by atoms with Crippen molar-refractivity contribution in [1.82, 2.24) is 14.8 Å². The zero-order valence-electron chi connectivity index (χ0n) is 7.08. The maximum Gasteiger partial charge on any atom is 0.378 e. The molecule has 5 nitrogen and oxygen atoms in total. The predicted octanol–water partition coefficient (Wildman–Crippen LogP) is 1.74. The van der Waals surface area contributed by atoms with E-state index in [0.29, 0.717) is 0 Å². The van der Waals surface area contributed by atoms with Crippen LogP contribution in [0.4, 0.5) is 0 Å². The molecule has 0 aromatic carbocycles. The molecular formula is C6H6Cl3N3O2. The van der Waals surface area contributed by atoms with Crippen molar-refractivity contribution in [2.45, 2.75) is 10.8 Å². The second-order valence-electron chi connectivity index (χ2n) is 2.20.